The predicted molar refractivity (Wildman–Crippen MR) is 90.0 cm³/mol. The largest absolute Gasteiger partial charge is 0.385 e. The number of ether oxygens (including phenoxy) is 1. The van der Waals surface area contributed by atoms with Gasteiger partial charge in [0.2, 0.25) is 0 Å². The van der Waals surface area contributed by atoms with E-state index in [0.717, 1.165) is 19.3 Å². The molecule has 1 fully saturated rings. The quantitative estimate of drug-likeness (QED) is 0.756. The van der Waals surface area contributed by atoms with E-state index in [1.165, 1.54) is 12.1 Å². The van der Waals surface area contributed by atoms with Crippen molar-refractivity contribution in [2.24, 2.45) is 5.73 Å². The molecule has 23 heavy (non-hydrogen) atoms. The first-order valence-electron chi connectivity index (χ1n) is 8.34. The van der Waals surface area contributed by atoms with E-state index in [4.69, 9.17) is 10.5 Å². The third kappa shape index (κ3) is 5.04. The van der Waals surface area contributed by atoms with Gasteiger partial charge in [0.25, 0.3) is 0 Å². The molecule has 1 aromatic carbocycles. The molecule has 0 amide bonds. The molecular formula is C17H27F2N3O. The molecule has 6 heteroatoms. The number of rotatable bonds is 7. The van der Waals surface area contributed by atoms with Gasteiger partial charge < -0.3 is 20.7 Å². The van der Waals surface area contributed by atoms with Gasteiger partial charge in [-0.3, -0.25) is 0 Å². The first kappa shape index (κ1) is 17.9. The number of benzene rings is 1. The topological polar surface area (TPSA) is 50.5 Å². The molecular weight excluding hydrogens is 300 g/mol. The van der Waals surface area contributed by atoms with Gasteiger partial charge in [-0.25, -0.2) is 8.78 Å². The SMILES string of the molecule is C[C@@H]1CN(c2c(F)cc(NCCCCCN)cc2F)C[C@H](C)O1. The lowest BCUT2D eigenvalue weighted by molar-refractivity contribution is -0.00557. The molecule has 2 atom stereocenters. The Kier molecular flexibility index (Phi) is 6.59. The van der Waals surface area contributed by atoms with Gasteiger partial charge in [-0.15, -0.1) is 0 Å². The lowest BCUT2D eigenvalue weighted by Gasteiger charge is -2.37. The van der Waals surface area contributed by atoms with Crippen molar-refractivity contribution in [3.8, 4) is 0 Å². The Hall–Kier alpha value is -1.40. The molecule has 1 aliphatic heterocycles. The summed E-state index contributed by atoms with van der Waals surface area (Å²) >= 11 is 0. The molecule has 0 spiro atoms. The summed E-state index contributed by atoms with van der Waals surface area (Å²) in [5.74, 6) is -1.06. The summed E-state index contributed by atoms with van der Waals surface area (Å²) in [5.41, 5.74) is 5.96. The molecule has 1 saturated heterocycles. The normalized spacial score (nSPS) is 21.5. The van der Waals surface area contributed by atoms with E-state index in [2.05, 4.69) is 5.32 Å². The zero-order chi connectivity index (χ0) is 16.8. The molecule has 0 aromatic heterocycles. The van der Waals surface area contributed by atoms with E-state index in [9.17, 15) is 8.78 Å². The maximum absolute atomic E-state index is 14.4. The summed E-state index contributed by atoms with van der Waals surface area (Å²) < 4.78 is 34.4. The average Bonchev–Trinajstić information content (AvgIpc) is 2.45. The van der Waals surface area contributed by atoms with E-state index in [1.54, 1.807) is 4.90 Å². The van der Waals surface area contributed by atoms with Gasteiger partial charge in [0.15, 0.2) is 11.6 Å². The van der Waals surface area contributed by atoms with Crippen molar-refractivity contribution < 1.29 is 13.5 Å². The second kappa shape index (κ2) is 8.45. The summed E-state index contributed by atoms with van der Waals surface area (Å²) in [6.07, 6.45) is 2.82. The van der Waals surface area contributed by atoms with Crippen LogP contribution in [0.1, 0.15) is 33.1 Å². The van der Waals surface area contributed by atoms with E-state index in [1.807, 2.05) is 13.8 Å². The summed E-state index contributed by atoms with van der Waals surface area (Å²) in [7, 11) is 0. The Labute approximate surface area is 137 Å². The van der Waals surface area contributed by atoms with Crippen molar-refractivity contribution in [1.82, 2.24) is 0 Å². The minimum Gasteiger partial charge on any atom is -0.385 e. The highest BCUT2D eigenvalue weighted by Gasteiger charge is 2.26. The molecule has 0 saturated carbocycles. The van der Waals surface area contributed by atoms with Crippen molar-refractivity contribution in [1.29, 1.82) is 0 Å². The third-order valence-corrected chi connectivity index (χ3v) is 3.96. The second-order valence-electron chi connectivity index (χ2n) is 6.23. The van der Waals surface area contributed by atoms with E-state index < -0.39 is 11.6 Å². The first-order chi connectivity index (χ1) is 11.0. The van der Waals surface area contributed by atoms with E-state index >= 15 is 0 Å². The van der Waals surface area contributed by atoms with Crippen molar-refractivity contribution >= 4 is 11.4 Å². The van der Waals surface area contributed by atoms with Crippen molar-refractivity contribution in [3.63, 3.8) is 0 Å². The number of anilines is 2. The Morgan fingerprint density at radius 2 is 1.74 bits per heavy atom. The highest BCUT2D eigenvalue weighted by molar-refractivity contribution is 5.58. The molecule has 0 aliphatic carbocycles. The molecule has 3 N–H and O–H groups in total. The highest BCUT2D eigenvalue weighted by atomic mass is 19.1. The van der Waals surface area contributed by atoms with Crippen LogP contribution in [0.5, 0.6) is 0 Å². The van der Waals surface area contributed by atoms with Gasteiger partial charge in [0.1, 0.15) is 5.69 Å². The van der Waals surface area contributed by atoms with Gasteiger partial charge in [0.05, 0.1) is 12.2 Å². The molecule has 1 heterocycles. The van der Waals surface area contributed by atoms with E-state index in [0.29, 0.717) is 31.9 Å². The number of unbranched alkanes of at least 4 members (excludes halogenated alkanes) is 2. The lowest BCUT2D eigenvalue weighted by atomic mass is 10.1. The Balaban J connectivity index is 2.02. The third-order valence-electron chi connectivity index (χ3n) is 3.96. The van der Waals surface area contributed by atoms with Gasteiger partial charge in [-0.2, -0.15) is 0 Å². The molecule has 0 bridgehead atoms. The molecule has 0 radical (unpaired) electrons. The van der Waals surface area contributed by atoms with Crippen LogP contribution in [0.15, 0.2) is 12.1 Å². The monoisotopic (exact) mass is 327 g/mol. The van der Waals surface area contributed by atoms with Crippen LogP contribution in [0.2, 0.25) is 0 Å². The molecule has 4 nitrogen and oxygen atoms in total. The number of hydrogen-bond acceptors (Lipinski definition) is 4. The van der Waals surface area contributed by atoms with Crippen LogP contribution >= 0.6 is 0 Å². The van der Waals surface area contributed by atoms with Gasteiger partial charge in [0, 0.05) is 25.3 Å². The average molecular weight is 327 g/mol. The maximum atomic E-state index is 14.4. The minimum atomic E-state index is -0.532. The first-order valence-corrected chi connectivity index (χ1v) is 8.34. The Morgan fingerprint density at radius 1 is 1.13 bits per heavy atom. The van der Waals surface area contributed by atoms with Crippen LogP contribution in [0, 0.1) is 11.6 Å². The van der Waals surface area contributed by atoms with Crippen LogP contribution in [-0.4, -0.2) is 38.4 Å². The Bertz CT molecular complexity index is 480. The fourth-order valence-electron chi connectivity index (χ4n) is 3.01. The predicted octanol–water partition coefficient (Wildman–Crippen LogP) is 3.12. The summed E-state index contributed by atoms with van der Waals surface area (Å²) in [6, 6.07) is 2.73. The zero-order valence-corrected chi connectivity index (χ0v) is 13.9. The van der Waals surface area contributed by atoms with Crippen LogP contribution in [0.25, 0.3) is 0 Å². The number of hydrogen-bond donors (Lipinski definition) is 2. The molecule has 0 unspecified atom stereocenters. The number of nitrogens with zero attached hydrogens (tertiary/aromatic N) is 1. The molecule has 1 aromatic rings. The Morgan fingerprint density at radius 3 is 2.30 bits per heavy atom. The van der Waals surface area contributed by atoms with E-state index in [-0.39, 0.29) is 17.9 Å². The van der Waals surface area contributed by atoms with Gasteiger partial charge in [-0.05, 0) is 45.4 Å². The standard InChI is InChI=1S/C17H27F2N3O/c1-12-10-22(11-13(2)23-12)17-15(18)8-14(9-16(17)19)21-7-5-3-4-6-20/h8-9,12-13,21H,3-7,10-11,20H2,1-2H3/t12-,13+. The van der Waals surface area contributed by atoms with Crippen LogP contribution in [0.4, 0.5) is 20.2 Å². The van der Waals surface area contributed by atoms with Crippen LogP contribution in [0.3, 0.4) is 0 Å². The smallest absolute Gasteiger partial charge is 0.151 e. The molecule has 130 valence electrons. The van der Waals surface area contributed by atoms with Crippen molar-refractivity contribution in [2.75, 3.05) is 36.4 Å². The lowest BCUT2D eigenvalue weighted by Crippen LogP contribution is -2.46. The molecule has 2 rings (SSSR count). The molecule has 1 aliphatic rings. The highest BCUT2D eigenvalue weighted by Crippen LogP contribution is 2.29. The van der Waals surface area contributed by atoms with Crippen molar-refractivity contribution in [3.05, 3.63) is 23.8 Å². The number of nitrogens with two attached hydrogens (primary N) is 1. The summed E-state index contributed by atoms with van der Waals surface area (Å²) in [4.78, 5) is 1.73. The number of halogens is 2. The maximum Gasteiger partial charge on any atom is 0.151 e. The van der Waals surface area contributed by atoms with Crippen LogP contribution in [-0.2, 0) is 4.74 Å². The minimum absolute atomic E-state index is 0.0423. The van der Waals surface area contributed by atoms with Gasteiger partial charge >= 0.3 is 0 Å². The van der Waals surface area contributed by atoms with Crippen LogP contribution < -0.4 is 16.0 Å². The number of morpholine rings is 1. The summed E-state index contributed by atoms with van der Waals surface area (Å²) in [5, 5.41) is 3.07. The van der Waals surface area contributed by atoms with Gasteiger partial charge in [-0.1, -0.05) is 6.42 Å². The fourth-order valence-corrected chi connectivity index (χ4v) is 3.01. The fraction of sp³-hybridized carbons (Fsp3) is 0.647. The zero-order valence-electron chi connectivity index (χ0n) is 13.9. The second-order valence-corrected chi connectivity index (χ2v) is 6.23. The summed E-state index contributed by atoms with van der Waals surface area (Å²) in [6.45, 7) is 6.16. The van der Waals surface area contributed by atoms with Crippen molar-refractivity contribution in [2.45, 2.75) is 45.3 Å². The number of nitrogens with one attached hydrogen (secondary N) is 1.